The summed E-state index contributed by atoms with van der Waals surface area (Å²) >= 11 is 0. The highest BCUT2D eigenvalue weighted by molar-refractivity contribution is 5.44. The highest BCUT2D eigenvalue weighted by Gasteiger charge is 2.43. The van der Waals surface area contributed by atoms with Crippen LogP contribution in [-0.4, -0.2) is 107 Å². The van der Waals surface area contributed by atoms with E-state index < -0.39 is 56.1 Å². The van der Waals surface area contributed by atoms with Crippen LogP contribution in [0.15, 0.2) is 36.4 Å². The lowest BCUT2D eigenvalue weighted by atomic mass is 9.99. The Balaban J connectivity index is 1.58. The summed E-state index contributed by atoms with van der Waals surface area (Å²) in [6.07, 6.45) is -7.82. The number of phenols is 1. The quantitative estimate of drug-likeness (QED) is 0.164. The van der Waals surface area contributed by atoms with E-state index in [0.717, 1.165) is 5.56 Å². The first-order chi connectivity index (χ1) is 18.2. The second-order valence-electron chi connectivity index (χ2n) is 8.87. The third-order valence-corrected chi connectivity index (χ3v) is 6.32. The fourth-order valence-electron chi connectivity index (χ4n) is 4.10. The van der Waals surface area contributed by atoms with E-state index >= 15 is 0 Å². The first-order valence-electron chi connectivity index (χ1n) is 12.2. The molecule has 0 bridgehead atoms. The van der Waals surface area contributed by atoms with Crippen LogP contribution >= 0.6 is 0 Å². The summed E-state index contributed by atoms with van der Waals surface area (Å²) in [5.41, 5.74) is 1.25. The van der Waals surface area contributed by atoms with Gasteiger partial charge in [0.15, 0.2) is 35.4 Å². The molecule has 0 radical (unpaired) electrons. The van der Waals surface area contributed by atoms with Crippen molar-refractivity contribution in [2.24, 2.45) is 0 Å². The van der Waals surface area contributed by atoms with Crippen LogP contribution in [0.25, 0.3) is 0 Å². The largest absolute Gasteiger partial charge is 0.504 e. The van der Waals surface area contributed by atoms with Gasteiger partial charge in [0, 0.05) is 0 Å². The average Bonchev–Trinajstić information content (AvgIpc) is 2.94. The van der Waals surface area contributed by atoms with Crippen LogP contribution in [0.2, 0.25) is 0 Å². The van der Waals surface area contributed by atoms with Crippen LogP contribution in [0.1, 0.15) is 23.7 Å². The lowest BCUT2D eigenvalue weighted by Crippen LogP contribution is -2.59. The number of aryl methyl sites for hydroxylation is 1. The normalized spacial score (nSPS) is 25.0. The van der Waals surface area contributed by atoms with Crippen molar-refractivity contribution in [3.8, 4) is 23.0 Å². The maximum absolute atomic E-state index is 10.8. The zero-order valence-corrected chi connectivity index (χ0v) is 21.2. The van der Waals surface area contributed by atoms with Gasteiger partial charge in [-0.3, -0.25) is 0 Å². The van der Waals surface area contributed by atoms with Gasteiger partial charge in [0.1, 0.15) is 30.5 Å². The van der Waals surface area contributed by atoms with Crippen LogP contribution in [0, 0.1) is 0 Å². The van der Waals surface area contributed by atoms with Crippen molar-refractivity contribution >= 4 is 0 Å². The van der Waals surface area contributed by atoms with Crippen molar-refractivity contribution in [2.45, 2.75) is 55.8 Å². The summed E-state index contributed by atoms with van der Waals surface area (Å²) in [5, 5.41) is 69.4. The molecule has 1 saturated heterocycles. The van der Waals surface area contributed by atoms with Crippen molar-refractivity contribution in [3.63, 3.8) is 0 Å². The SMILES string of the molecule is COc1cc([C@H](O)[C@H](CO)Oc2ccc(CCCO[C@H]3O[C@@H](CO)[C@H](O)[C@@H](O)[C@@H]3O)cc2OC)ccc1O. The molecule has 0 aliphatic carbocycles. The number of ether oxygens (including phenoxy) is 5. The summed E-state index contributed by atoms with van der Waals surface area (Å²) in [5.74, 6) is 0.778. The fraction of sp³-hybridized carbons (Fsp3) is 0.538. The van der Waals surface area contributed by atoms with E-state index in [1.54, 1.807) is 18.2 Å². The molecule has 1 aliphatic heterocycles. The Bertz CT molecular complexity index is 1020. The average molecular weight is 541 g/mol. The molecule has 0 aromatic heterocycles. The Hall–Kier alpha value is -2.68. The van der Waals surface area contributed by atoms with E-state index in [0.29, 0.717) is 29.9 Å². The highest BCUT2D eigenvalue weighted by atomic mass is 16.7. The molecule has 3 rings (SSSR count). The zero-order chi connectivity index (χ0) is 27.8. The standard InChI is InChI=1S/C26H36O12/c1-34-18-11-15(6-7-16(18)29)22(30)20(12-27)37-17-8-5-14(10-19(17)35-2)4-3-9-36-26-25(33)24(32)23(31)21(13-28)38-26/h5-8,10-11,20-33H,3-4,9,12-13H2,1-2H3/t20-,21-,22-,23-,24+,25-,26-/m0/s1. The number of rotatable bonds is 13. The molecular weight excluding hydrogens is 504 g/mol. The van der Waals surface area contributed by atoms with E-state index in [1.807, 2.05) is 0 Å². The number of aliphatic hydroxyl groups is 6. The van der Waals surface area contributed by atoms with Crippen LogP contribution in [0.3, 0.4) is 0 Å². The van der Waals surface area contributed by atoms with Gasteiger partial charge in [0.05, 0.1) is 34.0 Å². The molecule has 0 spiro atoms. The molecule has 0 unspecified atom stereocenters. The number of methoxy groups -OCH3 is 2. The summed E-state index contributed by atoms with van der Waals surface area (Å²) < 4.78 is 27.2. The van der Waals surface area contributed by atoms with Gasteiger partial charge in [0.2, 0.25) is 0 Å². The first kappa shape index (κ1) is 29.9. The van der Waals surface area contributed by atoms with Gasteiger partial charge in [-0.15, -0.1) is 0 Å². The third kappa shape index (κ3) is 7.04. The number of hydrogen-bond donors (Lipinski definition) is 7. The van der Waals surface area contributed by atoms with Gasteiger partial charge < -0.3 is 59.4 Å². The third-order valence-electron chi connectivity index (χ3n) is 6.32. The molecule has 1 fully saturated rings. The Morgan fingerprint density at radius 3 is 2.29 bits per heavy atom. The minimum atomic E-state index is -1.50. The first-order valence-corrected chi connectivity index (χ1v) is 12.2. The smallest absolute Gasteiger partial charge is 0.186 e. The molecular formula is C26H36O12. The maximum atomic E-state index is 10.8. The van der Waals surface area contributed by atoms with E-state index in [9.17, 15) is 35.7 Å². The Kier molecular flexibility index (Phi) is 10.9. The Morgan fingerprint density at radius 2 is 1.63 bits per heavy atom. The van der Waals surface area contributed by atoms with E-state index in [2.05, 4.69) is 0 Å². The van der Waals surface area contributed by atoms with Gasteiger partial charge in [0.25, 0.3) is 0 Å². The highest BCUT2D eigenvalue weighted by Crippen LogP contribution is 2.34. The molecule has 12 nitrogen and oxygen atoms in total. The van der Waals surface area contributed by atoms with Crippen molar-refractivity contribution in [1.29, 1.82) is 0 Å². The van der Waals surface area contributed by atoms with Crippen LogP contribution in [0.5, 0.6) is 23.0 Å². The van der Waals surface area contributed by atoms with Gasteiger partial charge in [-0.1, -0.05) is 12.1 Å². The molecule has 2 aromatic carbocycles. The summed E-state index contributed by atoms with van der Waals surface area (Å²) in [6, 6.07) is 9.52. The van der Waals surface area contributed by atoms with Crippen molar-refractivity contribution < 1.29 is 59.4 Å². The summed E-state index contributed by atoms with van der Waals surface area (Å²) in [7, 11) is 2.85. The van der Waals surface area contributed by atoms with E-state index in [1.165, 1.54) is 32.4 Å². The van der Waals surface area contributed by atoms with Gasteiger partial charge in [-0.2, -0.15) is 0 Å². The van der Waals surface area contributed by atoms with Gasteiger partial charge in [-0.25, -0.2) is 0 Å². The minimum Gasteiger partial charge on any atom is -0.504 e. The molecule has 212 valence electrons. The van der Waals surface area contributed by atoms with Crippen LogP contribution in [0.4, 0.5) is 0 Å². The lowest BCUT2D eigenvalue weighted by Gasteiger charge is -2.39. The monoisotopic (exact) mass is 540 g/mol. The molecule has 7 N–H and O–H groups in total. The topological polar surface area (TPSA) is 188 Å². The second-order valence-corrected chi connectivity index (χ2v) is 8.87. The number of hydrogen-bond acceptors (Lipinski definition) is 12. The predicted molar refractivity (Wildman–Crippen MR) is 132 cm³/mol. The Labute approximate surface area is 220 Å². The van der Waals surface area contributed by atoms with Crippen molar-refractivity contribution in [1.82, 2.24) is 0 Å². The van der Waals surface area contributed by atoms with Gasteiger partial charge >= 0.3 is 0 Å². The molecule has 1 heterocycles. The number of benzene rings is 2. The fourth-order valence-corrected chi connectivity index (χ4v) is 4.10. The molecule has 2 aromatic rings. The van der Waals surface area contributed by atoms with Gasteiger partial charge in [-0.05, 0) is 48.2 Å². The molecule has 0 amide bonds. The second kappa shape index (κ2) is 13.9. The summed E-state index contributed by atoms with van der Waals surface area (Å²) in [6.45, 7) is -0.862. The molecule has 12 heteroatoms. The van der Waals surface area contributed by atoms with Crippen molar-refractivity contribution in [2.75, 3.05) is 34.0 Å². The summed E-state index contributed by atoms with van der Waals surface area (Å²) in [4.78, 5) is 0. The van der Waals surface area contributed by atoms with E-state index in [4.69, 9.17) is 23.7 Å². The molecule has 7 atom stereocenters. The Morgan fingerprint density at radius 1 is 0.895 bits per heavy atom. The number of aliphatic hydroxyl groups excluding tert-OH is 6. The van der Waals surface area contributed by atoms with Crippen LogP contribution < -0.4 is 14.2 Å². The predicted octanol–water partition coefficient (Wildman–Crippen LogP) is -0.368. The molecule has 38 heavy (non-hydrogen) atoms. The zero-order valence-electron chi connectivity index (χ0n) is 21.2. The van der Waals surface area contributed by atoms with Crippen LogP contribution in [-0.2, 0) is 15.9 Å². The number of aromatic hydroxyl groups is 1. The number of phenolic OH excluding ortho intramolecular Hbond substituents is 1. The van der Waals surface area contributed by atoms with Crippen molar-refractivity contribution in [3.05, 3.63) is 47.5 Å². The lowest BCUT2D eigenvalue weighted by molar-refractivity contribution is -0.301. The minimum absolute atomic E-state index is 0.0826. The molecule has 1 aliphatic rings. The van der Waals surface area contributed by atoms with E-state index in [-0.39, 0.29) is 18.1 Å². The molecule has 0 saturated carbocycles. The maximum Gasteiger partial charge on any atom is 0.186 e.